The van der Waals surface area contributed by atoms with Crippen molar-refractivity contribution < 1.29 is 4.79 Å². The van der Waals surface area contributed by atoms with Gasteiger partial charge in [0.1, 0.15) is 0 Å². The van der Waals surface area contributed by atoms with Crippen molar-refractivity contribution in [2.24, 2.45) is 0 Å². The van der Waals surface area contributed by atoms with Crippen LogP contribution in [0.4, 0.5) is 11.4 Å². The maximum atomic E-state index is 12.7. The molecule has 4 nitrogen and oxygen atoms in total. The van der Waals surface area contributed by atoms with Crippen molar-refractivity contribution in [3.8, 4) is 0 Å². The average Bonchev–Trinajstić information content (AvgIpc) is 2.85. The van der Waals surface area contributed by atoms with Gasteiger partial charge in [0.05, 0.1) is 16.9 Å². The molecule has 122 valence electrons. The molecule has 0 radical (unpaired) electrons. The summed E-state index contributed by atoms with van der Waals surface area (Å²) in [5.41, 5.74) is 10.1. The minimum Gasteiger partial charge on any atom is -0.397 e. The molecular weight excluding hydrogens is 286 g/mol. The molecular formula is C19H25N3O. The molecule has 4 heteroatoms. The third-order valence-electron chi connectivity index (χ3n) is 4.88. The van der Waals surface area contributed by atoms with Crippen molar-refractivity contribution in [1.82, 2.24) is 4.57 Å². The number of hydrogen-bond acceptors (Lipinski definition) is 2. The van der Waals surface area contributed by atoms with E-state index in [-0.39, 0.29) is 5.91 Å². The molecule has 0 bridgehead atoms. The van der Waals surface area contributed by atoms with E-state index in [1.807, 2.05) is 31.2 Å². The second-order valence-electron chi connectivity index (χ2n) is 6.49. The van der Waals surface area contributed by atoms with Gasteiger partial charge in [-0.2, -0.15) is 0 Å². The summed E-state index contributed by atoms with van der Waals surface area (Å²) in [6.07, 6.45) is 6.32. The number of nitrogens with one attached hydrogen (secondary N) is 1. The van der Waals surface area contributed by atoms with Gasteiger partial charge in [-0.15, -0.1) is 0 Å². The zero-order chi connectivity index (χ0) is 16.4. The van der Waals surface area contributed by atoms with E-state index in [4.69, 9.17) is 5.73 Å². The zero-order valence-corrected chi connectivity index (χ0v) is 13.9. The number of rotatable bonds is 3. The van der Waals surface area contributed by atoms with Gasteiger partial charge in [0.2, 0.25) is 0 Å². The Hall–Kier alpha value is -2.23. The molecule has 0 atom stereocenters. The van der Waals surface area contributed by atoms with Crippen LogP contribution in [0.25, 0.3) is 0 Å². The fraction of sp³-hybridized carbons (Fsp3) is 0.421. The van der Waals surface area contributed by atoms with Gasteiger partial charge in [-0.05, 0) is 44.9 Å². The molecule has 0 unspecified atom stereocenters. The van der Waals surface area contributed by atoms with Gasteiger partial charge in [0.15, 0.2) is 0 Å². The zero-order valence-electron chi connectivity index (χ0n) is 13.9. The molecule has 0 aliphatic heterocycles. The first-order valence-electron chi connectivity index (χ1n) is 8.42. The lowest BCUT2D eigenvalue weighted by Crippen LogP contribution is -2.17. The number of benzene rings is 1. The van der Waals surface area contributed by atoms with Crippen LogP contribution >= 0.6 is 0 Å². The molecule has 3 N–H and O–H groups in total. The number of nitrogen functional groups attached to an aromatic ring is 1. The number of nitrogens with zero attached hydrogens (tertiary/aromatic N) is 1. The van der Waals surface area contributed by atoms with Crippen LogP contribution in [-0.2, 0) is 0 Å². The van der Waals surface area contributed by atoms with Crippen LogP contribution in [0.3, 0.4) is 0 Å². The highest BCUT2D eigenvalue weighted by Gasteiger charge is 2.22. The first-order valence-corrected chi connectivity index (χ1v) is 8.42. The van der Waals surface area contributed by atoms with Crippen molar-refractivity contribution >= 4 is 17.3 Å². The second-order valence-corrected chi connectivity index (χ2v) is 6.49. The Morgan fingerprint density at radius 3 is 2.57 bits per heavy atom. The van der Waals surface area contributed by atoms with E-state index in [2.05, 4.69) is 16.8 Å². The topological polar surface area (TPSA) is 60.1 Å². The molecule has 1 fully saturated rings. The van der Waals surface area contributed by atoms with Crippen molar-refractivity contribution in [3.05, 3.63) is 47.3 Å². The molecule has 1 heterocycles. The number of anilines is 2. The molecule has 23 heavy (non-hydrogen) atoms. The quantitative estimate of drug-likeness (QED) is 0.823. The standard InChI is InChI=1S/C19H25N3O/c1-13-12-16(14(2)22(13)15-8-4-3-5-9-15)19(23)21-18-11-7-6-10-17(18)20/h6-7,10-12,15H,3-5,8-9,20H2,1-2H3,(H,21,23). The van der Waals surface area contributed by atoms with Crippen molar-refractivity contribution in [1.29, 1.82) is 0 Å². The Kier molecular flexibility index (Phi) is 4.42. The lowest BCUT2D eigenvalue weighted by molar-refractivity contribution is 0.102. The summed E-state index contributed by atoms with van der Waals surface area (Å²) in [5, 5.41) is 2.93. The summed E-state index contributed by atoms with van der Waals surface area (Å²) in [6.45, 7) is 4.14. The van der Waals surface area contributed by atoms with Gasteiger partial charge in [0, 0.05) is 17.4 Å². The predicted molar refractivity (Wildman–Crippen MR) is 94.8 cm³/mol. The normalized spacial score (nSPS) is 15.6. The molecule has 3 rings (SSSR count). The Bertz CT molecular complexity index is 711. The van der Waals surface area contributed by atoms with Gasteiger partial charge >= 0.3 is 0 Å². The van der Waals surface area contributed by atoms with Crippen molar-refractivity contribution in [3.63, 3.8) is 0 Å². The predicted octanol–water partition coefficient (Wildman–Crippen LogP) is 4.44. The minimum atomic E-state index is -0.0851. The molecule has 1 amide bonds. The fourth-order valence-corrected chi connectivity index (χ4v) is 3.71. The summed E-state index contributed by atoms with van der Waals surface area (Å²) in [5.74, 6) is -0.0851. The maximum Gasteiger partial charge on any atom is 0.257 e. The van der Waals surface area contributed by atoms with Crippen LogP contribution < -0.4 is 11.1 Å². The number of hydrogen-bond donors (Lipinski definition) is 2. The average molecular weight is 311 g/mol. The fourth-order valence-electron chi connectivity index (χ4n) is 3.71. The van der Waals surface area contributed by atoms with Crippen LogP contribution in [-0.4, -0.2) is 10.5 Å². The van der Waals surface area contributed by atoms with E-state index in [9.17, 15) is 4.79 Å². The Morgan fingerprint density at radius 2 is 1.87 bits per heavy atom. The first-order chi connectivity index (χ1) is 11.1. The number of amides is 1. The summed E-state index contributed by atoms with van der Waals surface area (Å²) < 4.78 is 2.35. The highest BCUT2D eigenvalue weighted by Crippen LogP contribution is 2.32. The smallest absolute Gasteiger partial charge is 0.257 e. The highest BCUT2D eigenvalue weighted by molar-refractivity contribution is 6.06. The summed E-state index contributed by atoms with van der Waals surface area (Å²) >= 11 is 0. The van der Waals surface area contributed by atoms with Crippen LogP contribution in [0.15, 0.2) is 30.3 Å². The lowest BCUT2D eigenvalue weighted by atomic mass is 9.95. The van der Waals surface area contributed by atoms with E-state index < -0.39 is 0 Å². The molecule has 0 saturated heterocycles. The van der Waals surface area contributed by atoms with Crippen LogP contribution in [0.5, 0.6) is 0 Å². The third-order valence-corrected chi connectivity index (χ3v) is 4.88. The summed E-state index contributed by atoms with van der Waals surface area (Å²) in [4.78, 5) is 12.7. The Morgan fingerprint density at radius 1 is 1.17 bits per heavy atom. The van der Waals surface area contributed by atoms with Gasteiger partial charge in [-0.3, -0.25) is 4.79 Å². The van der Waals surface area contributed by atoms with Crippen molar-refractivity contribution in [2.75, 3.05) is 11.1 Å². The number of carbonyl (C=O) groups is 1. The van der Waals surface area contributed by atoms with E-state index in [0.29, 0.717) is 17.4 Å². The minimum absolute atomic E-state index is 0.0851. The highest BCUT2D eigenvalue weighted by atomic mass is 16.1. The van der Waals surface area contributed by atoms with E-state index in [1.54, 1.807) is 6.07 Å². The van der Waals surface area contributed by atoms with Crippen LogP contribution in [0, 0.1) is 13.8 Å². The maximum absolute atomic E-state index is 12.7. The molecule has 0 spiro atoms. The van der Waals surface area contributed by atoms with E-state index >= 15 is 0 Å². The Labute approximate surface area is 137 Å². The molecule has 1 aliphatic carbocycles. The molecule has 1 aromatic carbocycles. The first kappa shape index (κ1) is 15.7. The van der Waals surface area contributed by atoms with Gasteiger partial charge in [-0.25, -0.2) is 0 Å². The second kappa shape index (κ2) is 6.49. The molecule has 1 aromatic heterocycles. The SMILES string of the molecule is Cc1cc(C(=O)Nc2ccccc2N)c(C)n1C1CCCCC1. The van der Waals surface area contributed by atoms with E-state index in [1.165, 1.54) is 37.8 Å². The van der Waals surface area contributed by atoms with Gasteiger partial charge in [-0.1, -0.05) is 31.4 Å². The van der Waals surface area contributed by atoms with Crippen molar-refractivity contribution in [2.45, 2.75) is 52.0 Å². The van der Waals surface area contributed by atoms with Crippen LogP contribution in [0.2, 0.25) is 0 Å². The number of para-hydroxylation sites is 2. The third kappa shape index (κ3) is 3.11. The summed E-state index contributed by atoms with van der Waals surface area (Å²) in [6, 6.07) is 9.89. The summed E-state index contributed by atoms with van der Waals surface area (Å²) in [7, 11) is 0. The molecule has 2 aromatic rings. The number of nitrogens with two attached hydrogens (primary N) is 1. The lowest BCUT2D eigenvalue weighted by Gasteiger charge is -2.26. The molecule has 1 aliphatic rings. The number of aryl methyl sites for hydroxylation is 1. The van der Waals surface area contributed by atoms with Gasteiger partial charge in [0.25, 0.3) is 5.91 Å². The van der Waals surface area contributed by atoms with Crippen LogP contribution in [0.1, 0.15) is 59.9 Å². The molecule has 1 saturated carbocycles. The number of aromatic nitrogens is 1. The monoisotopic (exact) mass is 311 g/mol. The van der Waals surface area contributed by atoms with Gasteiger partial charge < -0.3 is 15.6 Å². The number of carbonyl (C=O) groups excluding carboxylic acids is 1. The van der Waals surface area contributed by atoms with E-state index in [0.717, 1.165) is 11.3 Å². The Balaban J connectivity index is 1.85. The largest absolute Gasteiger partial charge is 0.397 e.